The molecule has 0 bridgehead atoms. The van der Waals surface area contributed by atoms with Crippen molar-refractivity contribution >= 4 is 10.8 Å². The molecule has 144 valence electrons. The van der Waals surface area contributed by atoms with Gasteiger partial charge in [-0.05, 0) is 73.5 Å². The quantitative estimate of drug-likeness (QED) is 0.300. The Kier molecular flexibility index (Phi) is 2.60. The van der Waals surface area contributed by atoms with E-state index in [1.807, 2.05) is 18.2 Å². The summed E-state index contributed by atoms with van der Waals surface area (Å²) in [6.07, 6.45) is 1.01. The highest BCUT2D eigenvalue weighted by Gasteiger charge is 2.54. The van der Waals surface area contributed by atoms with Crippen LogP contribution in [0.2, 0.25) is 0 Å². The van der Waals surface area contributed by atoms with Crippen molar-refractivity contribution < 1.29 is 5.11 Å². The fraction of sp³-hybridized carbons (Fsp3) is 0.0667. The number of phenols is 1. The van der Waals surface area contributed by atoms with E-state index < -0.39 is 0 Å². The van der Waals surface area contributed by atoms with Crippen molar-refractivity contribution in [2.75, 3.05) is 0 Å². The fourth-order valence-electron chi connectivity index (χ4n) is 6.76. The van der Waals surface area contributed by atoms with Gasteiger partial charge in [0.25, 0.3) is 0 Å². The van der Waals surface area contributed by atoms with Crippen molar-refractivity contribution in [3.8, 4) is 28.0 Å². The standard InChI is InChI=1S/C30H18O/c31-26-16-25-29(20-10-2-1-9-19(20)26)21-11-3-4-12-22(21)30(25)23-13-5-7-17-15-18-8-6-14-24(30)28(18)27(17)23/h1-14,16,31H,15H2. The number of rotatable bonds is 0. The van der Waals surface area contributed by atoms with Crippen LogP contribution in [0.15, 0.2) is 91.0 Å². The van der Waals surface area contributed by atoms with Gasteiger partial charge in [-0.15, -0.1) is 0 Å². The summed E-state index contributed by atoms with van der Waals surface area (Å²) in [5.41, 5.74) is 13.1. The van der Waals surface area contributed by atoms with Crippen LogP contribution in [0, 0.1) is 0 Å². The molecule has 5 aromatic rings. The Labute approximate surface area is 180 Å². The molecule has 5 aromatic carbocycles. The van der Waals surface area contributed by atoms with E-state index in [9.17, 15) is 5.11 Å². The molecule has 0 atom stereocenters. The number of hydrogen-bond acceptors (Lipinski definition) is 1. The average molecular weight is 394 g/mol. The minimum Gasteiger partial charge on any atom is -0.507 e. The van der Waals surface area contributed by atoms with E-state index in [1.165, 1.54) is 55.6 Å². The Morgan fingerprint density at radius 3 is 1.90 bits per heavy atom. The van der Waals surface area contributed by atoms with E-state index in [4.69, 9.17) is 0 Å². The molecular formula is C30H18O. The van der Waals surface area contributed by atoms with Crippen LogP contribution in [0.4, 0.5) is 0 Å². The van der Waals surface area contributed by atoms with Gasteiger partial charge in [0, 0.05) is 5.39 Å². The third-order valence-electron chi connectivity index (χ3n) is 7.77. The summed E-state index contributed by atoms with van der Waals surface area (Å²) in [5.74, 6) is 0.362. The summed E-state index contributed by atoms with van der Waals surface area (Å²) >= 11 is 0. The lowest BCUT2D eigenvalue weighted by Crippen LogP contribution is -2.26. The zero-order valence-corrected chi connectivity index (χ0v) is 16.8. The first-order valence-electron chi connectivity index (χ1n) is 10.9. The van der Waals surface area contributed by atoms with E-state index >= 15 is 0 Å². The molecule has 0 fully saturated rings. The van der Waals surface area contributed by atoms with Crippen molar-refractivity contribution in [3.05, 3.63) is 124 Å². The molecule has 0 heterocycles. The van der Waals surface area contributed by atoms with Crippen LogP contribution in [0.25, 0.3) is 33.0 Å². The molecule has 0 saturated carbocycles. The largest absolute Gasteiger partial charge is 0.507 e. The van der Waals surface area contributed by atoms with E-state index in [1.54, 1.807) is 0 Å². The van der Waals surface area contributed by atoms with E-state index in [-0.39, 0.29) is 5.41 Å². The highest BCUT2D eigenvalue weighted by Crippen LogP contribution is 2.66. The summed E-state index contributed by atoms with van der Waals surface area (Å²) in [6, 6.07) is 32.7. The average Bonchev–Trinajstić information content (AvgIpc) is 3.44. The lowest BCUT2D eigenvalue weighted by atomic mass is 9.69. The molecule has 1 heteroatoms. The third-order valence-corrected chi connectivity index (χ3v) is 7.77. The van der Waals surface area contributed by atoms with Crippen molar-refractivity contribution in [3.63, 3.8) is 0 Å². The molecule has 8 rings (SSSR count). The first-order chi connectivity index (χ1) is 15.3. The maximum atomic E-state index is 11.1. The van der Waals surface area contributed by atoms with Crippen LogP contribution >= 0.6 is 0 Å². The summed E-state index contributed by atoms with van der Waals surface area (Å²) in [6.45, 7) is 0. The third kappa shape index (κ3) is 1.58. The van der Waals surface area contributed by atoms with Crippen LogP contribution in [0.3, 0.4) is 0 Å². The molecule has 0 saturated heterocycles. The Morgan fingerprint density at radius 1 is 0.548 bits per heavy atom. The van der Waals surface area contributed by atoms with Crippen LogP contribution in [0.5, 0.6) is 5.75 Å². The smallest absolute Gasteiger partial charge is 0.123 e. The normalized spacial score (nSPS) is 15.4. The van der Waals surface area contributed by atoms with E-state index in [2.05, 4.69) is 72.8 Å². The van der Waals surface area contributed by atoms with Crippen molar-refractivity contribution in [1.29, 1.82) is 0 Å². The van der Waals surface area contributed by atoms with Gasteiger partial charge in [0.15, 0.2) is 0 Å². The van der Waals surface area contributed by atoms with Gasteiger partial charge in [-0.25, -0.2) is 0 Å². The first-order valence-corrected chi connectivity index (χ1v) is 10.9. The molecule has 1 spiro atoms. The topological polar surface area (TPSA) is 20.2 Å². The zero-order valence-electron chi connectivity index (χ0n) is 16.8. The summed E-state index contributed by atoms with van der Waals surface area (Å²) in [7, 11) is 0. The first kappa shape index (κ1) is 15.9. The number of fused-ring (bicyclic) bond motifs is 9. The van der Waals surface area contributed by atoms with Gasteiger partial charge < -0.3 is 5.11 Å². The summed E-state index contributed by atoms with van der Waals surface area (Å²) in [5, 5.41) is 13.2. The van der Waals surface area contributed by atoms with Crippen LogP contribution in [-0.2, 0) is 11.8 Å². The molecular weight excluding hydrogens is 376 g/mol. The van der Waals surface area contributed by atoms with E-state index in [0.717, 1.165) is 17.2 Å². The highest BCUT2D eigenvalue weighted by molar-refractivity contribution is 6.08. The highest BCUT2D eigenvalue weighted by atomic mass is 16.3. The molecule has 3 aliphatic carbocycles. The predicted octanol–water partition coefficient (Wildman–Crippen LogP) is 6.79. The Morgan fingerprint density at radius 2 is 1.16 bits per heavy atom. The van der Waals surface area contributed by atoms with E-state index in [0.29, 0.717) is 5.75 Å². The number of benzene rings is 5. The lowest BCUT2D eigenvalue weighted by Gasteiger charge is -2.31. The van der Waals surface area contributed by atoms with Crippen LogP contribution < -0.4 is 0 Å². The number of phenolic OH excluding ortho intramolecular Hbond substituents is 1. The second-order valence-corrected chi connectivity index (χ2v) is 9.02. The molecule has 1 N–H and O–H groups in total. The lowest BCUT2D eigenvalue weighted by molar-refractivity contribution is 0.480. The van der Waals surface area contributed by atoms with Crippen LogP contribution in [-0.4, -0.2) is 5.11 Å². The number of hydrogen-bond donors (Lipinski definition) is 1. The van der Waals surface area contributed by atoms with Crippen molar-refractivity contribution in [1.82, 2.24) is 0 Å². The molecule has 0 unspecified atom stereocenters. The van der Waals surface area contributed by atoms with Crippen molar-refractivity contribution in [2.24, 2.45) is 0 Å². The molecule has 31 heavy (non-hydrogen) atoms. The van der Waals surface area contributed by atoms with Crippen LogP contribution in [0.1, 0.15) is 33.4 Å². The van der Waals surface area contributed by atoms with Gasteiger partial charge in [-0.1, -0.05) is 84.9 Å². The molecule has 1 nitrogen and oxygen atoms in total. The fourth-order valence-corrected chi connectivity index (χ4v) is 6.76. The second-order valence-electron chi connectivity index (χ2n) is 9.02. The van der Waals surface area contributed by atoms with Gasteiger partial charge in [0.05, 0.1) is 5.41 Å². The summed E-state index contributed by atoms with van der Waals surface area (Å²) < 4.78 is 0. The minimum absolute atomic E-state index is 0.362. The molecule has 0 amide bonds. The summed E-state index contributed by atoms with van der Waals surface area (Å²) in [4.78, 5) is 0. The van der Waals surface area contributed by atoms with Gasteiger partial charge >= 0.3 is 0 Å². The predicted molar refractivity (Wildman–Crippen MR) is 125 cm³/mol. The zero-order chi connectivity index (χ0) is 20.3. The van der Waals surface area contributed by atoms with Gasteiger partial charge in [-0.2, -0.15) is 0 Å². The second kappa shape index (κ2) is 5.07. The monoisotopic (exact) mass is 394 g/mol. The Balaban J connectivity index is 1.66. The maximum Gasteiger partial charge on any atom is 0.123 e. The molecule has 0 radical (unpaired) electrons. The Bertz CT molecular complexity index is 1570. The molecule has 0 aliphatic heterocycles. The van der Waals surface area contributed by atoms with Crippen molar-refractivity contribution in [2.45, 2.75) is 11.8 Å². The van der Waals surface area contributed by atoms with Gasteiger partial charge in [-0.3, -0.25) is 0 Å². The minimum atomic E-state index is -0.370. The molecule has 3 aliphatic rings. The Hall–Kier alpha value is -3.84. The van der Waals surface area contributed by atoms with Gasteiger partial charge in [0.2, 0.25) is 0 Å². The maximum absolute atomic E-state index is 11.1. The molecule has 0 aromatic heterocycles. The number of aromatic hydroxyl groups is 1. The SMILES string of the molecule is Oc1cc2c(c3ccccc13)-c1ccccc1C21c2cccc3c2-c2c(cccc21)C3. The van der Waals surface area contributed by atoms with Gasteiger partial charge in [0.1, 0.15) is 5.75 Å².